The van der Waals surface area contributed by atoms with Crippen LogP contribution in [0.4, 0.5) is 4.39 Å². The van der Waals surface area contributed by atoms with Crippen molar-refractivity contribution in [1.82, 2.24) is 0 Å². The smallest absolute Gasteiger partial charge is 0.123 e. The lowest BCUT2D eigenvalue weighted by Crippen LogP contribution is -2.13. The molecule has 1 saturated carbocycles. The summed E-state index contributed by atoms with van der Waals surface area (Å²) < 4.78 is 13.8. The van der Waals surface area contributed by atoms with Gasteiger partial charge < -0.3 is 0 Å². The van der Waals surface area contributed by atoms with E-state index in [0.29, 0.717) is 5.92 Å². The lowest BCUT2D eigenvalue weighted by Gasteiger charge is -2.29. The lowest BCUT2D eigenvalue weighted by molar-refractivity contribution is 0.318. The van der Waals surface area contributed by atoms with E-state index in [9.17, 15) is 4.39 Å². The monoisotopic (exact) mass is 282 g/mol. The minimum Gasteiger partial charge on any atom is -0.207 e. The first-order valence-electron chi connectivity index (χ1n) is 8.12. The van der Waals surface area contributed by atoms with E-state index < -0.39 is 0 Å². The van der Waals surface area contributed by atoms with Crippen molar-refractivity contribution in [3.05, 3.63) is 59.9 Å². The van der Waals surface area contributed by atoms with Crippen molar-refractivity contribution in [3.63, 3.8) is 0 Å². The Kier molecular flexibility index (Phi) is 4.38. The van der Waals surface area contributed by atoms with Crippen molar-refractivity contribution in [2.45, 2.75) is 44.9 Å². The molecule has 0 nitrogen and oxygen atoms in total. The molecule has 0 aliphatic heterocycles. The van der Waals surface area contributed by atoms with Gasteiger partial charge in [-0.1, -0.05) is 49.7 Å². The number of rotatable bonds is 3. The van der Waals surface area contributed by atoms with E-state index in [1.807, 2.05) is 12.1 Å². The van der Waals surface area contributed by atoms with Gasteiger partial charge in [-0.25, -0.2) is 4.39 Å². The molecule has 0 radical (unpaired) electrons. The Morgan fingerprint density at radius 2 is 1.67 bits per heavy atom. The molecule has 0 N–H and O–H groups in total. The van der Waals surface area contributed by atoms with Crippen LogP contribution >= 0.6 is 0 Å². The zero-order valence-corrected chi connectivity index (χ0v) is 12.7. The first-order chi connectivity index (χ1) is 10.3. The Morgan fingerprint density at radius 3 is 2.33 bits per heavy atom. The van der Waals surface area contributed by atoms with Gasteiger partial charge in [0.25, 0.3) is 0 Å². The number of halogens is 1. The van der Waals surface area contributed by atoms with E-state index in [1.54, 1.807) is 12.1 Å². The fourth-order valence-corrected chi connectivity index (χ4v) is 3.63. The topological polar surface area (TPSA) is 0 Å². The van der Waals surface area contributed by atoms with E-state index >= 15 is 0 Å². The van der Waals surface area contributed by atoms with Crippen LogP contribution in [0.5, 0.6) is 0 Å². The Bertz CT molecular complexity index is 580. The van der Waals surface area contributed by atoms with Gasteiger partial charge in [-0.15, -0.1) is 0 Å². The summed E-state index contributed by atoms with van der Waals surface area (Å²) in [4.78, 5) is 0. The molecule has 0 bridgehead atoms. The molecular weight excluding hydrogens is 259 g/mol. The van der Waals surface area contributed by atoms with Gasteiger partial charge in [0.05, 0.1) is 0 Å². The minimum absolute atomic E-state index is 0.109. The Labute approximate surface area is 127 Å². The van der Waals surface area contributed by atoms with E-state index in [4.69, 9.17) is 0 Å². The molecule has 1 aliphatic carbocycles. The summed E-state index contributed by atoms with van der Waals surface area (Å²) in [6, 6.07) is 15.7. The van der Waals surface area contributed by atoms with Crippen molar-refractivity contribution in [2.75, 3.05) is 0 Å². The van der Waals surface area contributed by atoms with Crippen LogP contribution in [-0.4, -0.2) is 0 Å². The predicted octanol–water partition coefficient (Wildman–Crippen LogP) is 6.18. The molecule has 21 heavy (non-hydrogen) atoms. The number of hydrogen-bond donors (Lipinski definition) is 0. The van der Waals surface area contributed by atoms with Gasteiger partial charge in [-0.3, -0.25) is 0 Å². The van der Waals surface area contributed by atoms with E-state index in [0.717, 1.165) is 5.92 Å². The van der Waals surface area contributed by atoms with E-state index in [2.05, 4.69) is 31.2 Å². The maximum absolute atomic E-state index is 13.8. The van der Waals surface area contributed by atoms with Gasteiger partial charge in [-0.05, 0) is 66.3 Å². The Balaban J connectivity index is 1.93. The van der Waals surface area contributed by atoms with Gasteiger partial charge >= 0.3 is 0 Å². The zero-order valence-electron chi connectivity index (χ0n) is 12.7. The second kappa shape index (κ2) is 6.43. The summed E-state index contributed by atoms with van der Waals surface area (Å²) in [5.74, 6) is 1.27. The van der Waals surface area contributed by atoms with Gasteiger partial charge in [0.1, 0.15) is 5.82 Å². The molecular formula is C20H23F. The lowest BCUT2D eigenvalue weighted by atomic mass is 9.76. The van der Waals surface area contributed by atoms with Crippen LogP contribution in [0, 0.1) is 11.7 Å². The first-order valence-corrected chi connectivity index (χ1v) is 8.12. The molecule has 0 atom stereocenters. The highest BCUT2D eigenvalue weighted by Crippen LogP contribution is 2.40. The second-order valence-electron chi connectivity index (χ2n) is 6.22. The fourth-order valence-electron chi connectivity index (χ4n) is 3.63. The molecule has 110 valence electrons. The average Bonchev–Trinajstić information content (AvgIpc) is 2.56. The highest BCUT2D eigenvalue weighted by Gasteiger charge is 2.23. The van der Waals surface area contributed by atoms with Crippen molar-refractivity contribution >= 4 is 0 Å². The first kappa shape index (κ1) is 14.3. The second-order valence-corrected chi connectivity index (χ2v) is 6.22. The normalized spacial score (nSPS) is 22.2. The van der Waals surface area contributed by atoms with Crippen LogP contribution in [0.2, 0.25) is 0 Å². The van der Waals surface area contributed by atoms with E-state index in [-0.39, 0.29) is 5.82 Å². The largest absolute Gasteiger partial charge is 0.207 e. The average molecular weight is 282 g/mol. The minimum atomic E-state index is -0.109. The molecule has 0 saturated heterocycles. The standard InChI is InChI=1S/C20H23F/c1-2-15-8-10-17(11-9-15)20-14-18(21)12-13-19(20)16-6-4-3-5-7-16/h3-7,12-15,17H,2,8-11H2,1H3. The molecule has 2 aromatic rings. The fraction of sp³-hybridized carbons (Fsp3) is 0.400. The molecule has 1 fully saturated rings. The summed E-state index contributed by atoms with van der Waals surface area (Å²) in [7, 11) is 0. The highest BCUT2D eigenvalue weighted by atomic mass is 19.1. The molecule has 0 aromatic heterocycles. The zero-order chi connectivity index (χ0) is 14.7. The van der Waals surface area contributed by atoms with Crippen LogP contribution < -0.4 is 0 Å². The van der Waals surface area contributed by atoms with E-state index in [1.165, 1.54) is 48.8 Å². The van der Waals surface area contributed by atoms with Gasteiger partial charge in [0.2, 0.25) is 0 Å². The summed E-state index contributed by atoms with van der Waals surface area (Å²) in [6.07, 6.45) is 6.24. The number of hydrogen-bond acceptors (Lipinski definition) is 0. The highest BCUT2D eigenvalue weighted by molar-refractivity contribution is 5.68. The van der Waals surface area contributed by atoms with Crippen LogP contribution in [0.1, 0.15) is 50.5 Å². The third-order valence-corrected chi connectivity index (χ3v) is 4.96. The summed E-state index contributed by atoms with van der Waals surface area (Å²) in [5.41, 5.74) is 3.61. The quantitative estimate of drug-likeness (QED) is 0.631. The third kappa shape index (κ3) is 3.18. The Hall–Kier alpha value is -1.63. The van der Waals surface area contributed by atoms with Crippen LogP contribution in [0.3, 0.4) is 0 Å². The Morgan fingerprint density at radius 1 is 0.952 bits per heavy atom. The number of benzene rings is 2. The van der Waals surface area contributed by atoms with Crippen molar-refractivity contribution < 1.29 is 4.39 Å². The van der Waals surface area contributed by atoms with Crippen LogP contribution in [0.15, 0.2) is 48.5 Å². The molecule has 0 spiro atoms. The summed E-state index contributed by atoms with van der Waals surface area (Å²) >= 11 is 0. The summed E-state index contributed by atoms with van der Waals surface area (Å²) in [6.45, 7) is 2.28. The van der Waals surface area contributed by atoms with Crippen LogP contribution in [-0.2, 0) is 0 Å². The molecule has 3 rings (SSSR count). The molecule has 2 aromatic carbocycles. The third-order valence-electron chi connectivity index (χ3n) is 4.96. The molecule has 0 heterocycles. The van der Waals surface area contributed by atoms with Gasteiger partial charge in [-0.2, -0.15) is 0 Å². The van der Waals surface area contributed by atoms with Gasteiger partial charge in [0.15, 0.2) is 0 Å². The van der Waals surface area contributed by atoms with Crippen molar-refractivity contribution in [2.24, 2.45) is 5.92 Å². The van der Waals surface area contributed by atoms with Crippen molar-refractivity contribution in [3.8, 4) is 11.1 Å². The maximum Gasteiger partial charge on any atom is 0.123 e. The molecule has 0 unspecified atom stereocenters. The maximum atomic E-state index is 13.8. The SMILES string of the molecule is CCC1CCC(c2cc(F)ccc2-c2ccccc2)CC1. The predicted molar refractivity (Wildman–Crippen MR) is 86.8 cm³/mol. The molecule has 1 heteroatoms. The van der Waals surface area contributed by atoms with Crippen molar-refractivity contribution in [1.29, 1.82) is 0 Å². The summed E-state index contributed by atoms with van der Waals surface area (Å²) in [5, 5.41) is 0. The molecule has 0 amide bonds. The van der Waals surface area contributed by atoms with Crippen LogP contribution in [0.25, 0.3) is 11.1 Å². The van der Waals surface area contributed by atoms with Gasteiger partial charge in [0, 0.05) is 0 Å². The molecule has 1 aliphatic rings.